The van der Waals surface area contributed by atoms with Gasteiger partial charge in [0.15, 0.2) is 5.78 Å². The summed E-state index contributed by atoms with van der Waals surface area (Å²) in [6, 6.07) is 2.89. The number of ketones is 1. The predicted octanol–water partition coefficient (Wildman–Crippen LogP) is 2.67. The van der Waals surface area contributed by atoms with E-state index in [4.69, 9.17) is 5.73 Å². The lowest BCUT2D eigenvalue weighted by atomic mass is 9.85. The number of carbonyl (C=O) groups excluding carboxylic acids is 1. The fourth-order valence-corrected chi connectivity index (χ4v) is 1.51. The van der Waals surface area contributed by atoms with Crippen LogP contribution in [0.15, 0.2) is 18.2 Å². The third kappa shape index (κ3) is 2.27. The highest BCUT2D eigenvalue weighted by Gasteiger charge is 2.32. The second kappa shape index (κ2) is 4.70. The van der Waals surface area contributed by atoms with Crippen molar-refractivity contribution in [3.8, 4) is 0 Å². The number of nitrogens with two attached hydrogens (primary N) is 1. The van der Waals surface area contributed by atoms with Gasteiger partial charge in [-0.25, -0.2) is 8.78 Å². The Morgan fingerprint density at radius 2 is 1.88 bits per heavy atom. The Bertz CT molecular complexity index is 400. The first-order valence-corrected chi connectivity index (χ1v) is 5.23. The molecule has 0 amide bonds. The second-order valence-electron chi connectivity index (χ2n) is 3.82. The van der Waals surface area contributed by atoms with E-state index in [9.17, 15) is 13.6 Å². The highest BCUT2D eigenvalue weighted by molar-refractivity contribution is 6.03. The summed E-state index contributed by atoms with van der Waals surface area (Å²) < 4.78 is 26.1. The summed E-state index contributed by atoms with van der Waals surface area (Å²) in [7, 11) is 0. The minimum atomic E-state index is -1.07. The lowest BCUT2D eigenvalue weighted by Crippen LogP contribution is -2.47. The Morgan fingerprint density at radius 3 is 2.31 bits per heavy atom. The summed E-state index contributed by atoms with van der Waals surface area (Å²) in [6.45, 7) is 3.53. The van der Waals surface area contributed by atoms with Gasteiger partial charge in [-0.1, -0.05) is 13.8 Å². The molecule has 0 radical (unpaired) electrons. The van der Waals surface area contributed by atoms with Crippen LogP contribution in [0.25, 0.3) is 0 Å². The van der Waals surface area contributed by atoms with E-state index in [-0.39, 0.29) is 5.56 Å². The third-order valence-electron chi connectivity index (χ3n) is 2.89. The van der Waals surface area contributed by atoms with Crippen LogP contribution in [0.5, 0.6) is 0 Å². The van der Waals surface area contributed by atoms with Gasteiger partial charge in [0.2, 0.25) is 0 Å². The minimum absolute atomic E-state index is 0.146. The van der Waals surface area contributed by atoms with Crippen molar-refractivity contribution in [3.05, 3.63) is 35.4 Å². The van der Waals surface area contributed by atoms with Gasteiger partial charge in [0, 0.05) is 6.07 Å². The zero-order valence-corrected chi connectivity index (χ0v) is 9.39. The molecule has 0 saturated heterocycles. The van der Waals surface area contributed by atoms with Crippen LogP contribution in [0.1, 0.15) is 37.0 Å². The van der Waals surface area contributed by atoms with E-state index < -0.39 is 23.0 Å². The van der Waals surface area contributed by atoms with Crippen molar-refractivity contribution in [3.63, 3.8) is 0 Å². The zero-order chi connectivity index (χ0) is 12.3. The lowest BCUT2D eigenvalue weighted by molar-refractivity contribution is 0.0875. The van der Waals surface area contributed by atoms with E-state index in [2.05, 4.69) is 0 Å². The Morgan fingerprint density at radius 1 is 1.31 bits per heavy atom. The third-order valence-corrected chi connectivity index (χ3v) is 2.89. The lowest BCUT2D eigenvalue weighted by Gasteiger charge is -2.25. The largest absolute Gasteiger partial charge is 0.319 e. The first kappa shape index (κ1) is 12.8. The predicted molar refractivity (Wildman–Crippen MR) is 58.2 cm³/mol. The fraction of sp³-hybridized carbons (Fsp3) is 0.417. The molecule has 1 aromatic rings. The average Bonchev–Trinajstić information content (AvgIpc) is 2.27. The van der Waals surface area contributed by atoms with Crippen molar-refractivity contribution in [2.24, 2.45) is 5.73 Å². The summed E-state index contributed by atoms with van der Waals surface area (Å²) in [5.74, 6) is -2.04. The summed E-state index contributed by atoms with van der Waals surface area (Å²) in [6.07, 6.45) is 0.832. The minimum Gasteiger partial charge on any atom is -0.319 e. The van der Waals surface area contributed by atoms with Crippen molar-refractivity contribution < 1.29 is 13.6 Å². The van der Waals surface area contributed by atoms with Gasteiger partial charge in [-0.2, -0.15) is 0 Å². The molecule has 0 saturated carbocycles. The molecular weight excluding hydrogens is 212 g/mol. The molecule has 0 spiro atoms. The molecule has 0 atom stereocenters. The van der Waals surface area contributed by atoms with Crippen LogP contribution in [0, 0.1) is 11.6 Å². The van der Waals surface area contributed by atoms with E-state index in [1.165, 1.54) is 0 Å². The maximum Gasteiger partial charge on any atom is 0.185 e. The van der Waals surface area contributed by atoms with Gasteiger partial charge in [0.1, 0.15) is 11.6 Å². The fourth-order valence-electron chi connectivity index (χ4n) is 1.51. The molecular formula is C12H15F2NO. The zero-order valence-electron chi connectivity index (χ0n) is 9.39. The first-order chi connectivity index (χ1) is 7.44. The highest BCUT2D eigenvalue weighted by atomic mass is 19.1. The van der Waals surface area contributed by atoms with Crippen molar-refractivity contribution in [1.82, 2.24) is 0 Å². The summed E-state index contributed by atoms with van der Waals surface area (Å²) in [5, 5.41) is 0. The molecule has 2 N–H and O–H groups in total. The topological polar surface area (TPSA) is 43.1 Å². The van der Waals surface area contributed by atoms with Gasteiger partial charge in [0.25, 0.3) is 0 Å². The maximum absolute atomic E-state index is 13.4. The Hall–Kier alpha value is -1.29. The average molecular weight is 227 g/mol. The smallest absolute Gasteiger partial charge is 0.185 e. The molecule has 0 aromatic heterocycles. The quantitative estimate of drug-likeness (QED) is 0.803. The SMILES string of the molecule is CCC(N)(CC)C(=O)c1ccc(F)cc1F. The number of benzene rings is 1. The summed E-state index contributed by atoms with van der Waals surface area (Å²) in [5.41, 5.74) is 4.65. The maximum atomic E-state index is 13.4. The van der Waals surface area contributed by atoms with Gasteiger partial charge < -0.3 is 5.73 Å². The van der Waals surface area contributed by atoms with Crippen molar-refractivity contribution in [1.29, 1.82) is 0 Å². The molecule has 0 aliphatic rings. The van der Waals surface area contributed by atoms with Crippen LogP contribution in [-0.4, -0.2) is 11.3 Å². The van der Waals surface area contributed by atoms with E-state index in [0.717, 1.165) is 12.1 Å². The van der Waals surface area contributed by atoms with Gasteiger partial charge in [-0.15, -0.1) is 0 Å². The number of halogens is 2. The van der Waals surface area contributed by atoms with Crippen LogP contribution in [0.3, 0.4) is 0 Å². The van der Waals surface area contributed by atoms with Gasteiger partial charge in [-0.3, -0.25) is 4.79 Å². The molecule has 0 heterocycles. The van der Waals surface area contributed by atoms with Crippen molar-refractivity contribution in [2.75, 3.05) is 0 Å². The van der Waals surface area contributed by atoms with E-state index in [1.807, 2.05) is 0 Å². The summed E-state index contributed by atoms with van der Waals surface area (Å²) >= 11 is 0. The molecule has 2 nitrogen and oxygen atoms in total. The molecule has 0 unspecified atom stereocenters. The van der Waals surface area contributed by atoms with E-state index >= 15 is 0 Å². The number of hydrogen-bond acceptors (Lipinski definition) is 2. The molecule has 0 aliphatic carbocycles. The van der Waals surface area contributed by atoms with E-state index in [0.29, 0.717) is 18.9 Å². The summed E-state index contributed by atoms with van der Waals surface area (Å²) in [4.78, 5) is 12.0. The number of Topliss-reactive ketones (excluding diaryl/α,β-unsaturated/α-hetero) is 1. The van der Waals surface area contributed by atoms with Crippen LogP contribution in [0.2, 0.25) is 0 Å². The van der Waals surface area contributed by atoms with Gasteiger partial charge >= 0.3 is 0 Å². The molecule has 4 heteroatoms. The second-order valence-corrected chi connectivity index (χ2v) is 3.82. The molecule has 88 valence electrons. The van der Waals surface area contributed by atoms with Crippen LogP contribution in [0.4, 0.5) is 8.78 Å². The molecule has 0 aliphatic heterocycles. The van der Waals surface area contributed by atoms with Crippen molar-refractivity contribution in [2.45, 2.75) is 32.2 Å². The molecule has 1 rings (SSSR count). The van der Waals surface area contributed by atoms with Gasteiger partial charge in [-0.05, 0) is 25.0 Å². The molecule has 1 aromatic carbocycles. The monoisotopic (exact) mass is 227 g/mol. The highest BCUT2D eigenvalue weighted by Crippen LogP contribution is 2.20. The number of carbonyl (C=O) groups is 1. The van der Waals surface area contributed by atoms with E-state index in [1.54, 1.807) is 13.8 Å². The number of hydrogen-bond donors (Lipinski definition) is 1. The number of rotatable bonds is 4. The Balaban J connectivity index is 3.14. The van der Waals surface area contributed by atoms with Crippen LogP contribution < -0.4 is 5.73 Å². The standard InChI is InChI=1S/C12H15F2NO/c1-3-12(15,4-2)11(16)9-6-5-8(13)7-10(9)14/h5-7H,3-4,15H2,1-2H3. The Kier molecular flexibility index (Phi) is 3.75. The normalized spacial score (nSPS) is 11.6. The Labute approximate surface area is 93.5 Å². The van der Waals surface area contributed by atoms with Crippen LogP contribution >= 0.6 is 0 Å². The first-order valence-electron chi connectivity index (χ1n) is 5.23. The molecule has 0 fully saturated rings. The van der Waals surface area contributed by atoms with Crippen LogP contribution in [-0.2, 0) is 0 Å². The molecule has 0 bridgehead atoms. The van der Waals surface area contributed by atoms with Crippen molar-refractivity contribution >= 4 is 5.78 Å². The van der Waals surface area contributed by atoms with Gasteiger partial charge in [0.05, 0.1) is 11.1 Å². The molecule has 16 heavy (non-hydrogen) atoms.